The van der Waals surface area contributed by atoms with E-state index < -0.39 is 0 Å². The van der Waals surface area contributed by atoms with Crippen molar-refractivity contribution in [2.45, 2.75) is 25.4 Å². The monoisotopic (exact) mass is 331 g/mol. The Morgan fingerprint density at radius 2 is 1.84 bits per heavy atom. The number of amides is 1. The van der Waals surface area contributed by atoms with Crippen molar-refractivity contribution in [3.8, 4) is 17.2 Å². The van der Waals surface area contributed by atoms with Crippen LogP contribution in [-0.4, -0.2) is 29.9 Å². The van der Waals surface area contributed by atoms with Crippen LogP contribution in [0.1, 0.15) is 24.0 Å². The highest BCUT2D eigenvalue weighted by atomic mass is 16.2. The minimum absolute atomic E-state index is 0.324. The van der Waals surface area contributed by atoms with Crippen LogP contribution in [0.2, 0.25) is 0 Å². The second-order valence-electron chi connectivity index (χ2n) is 6.95. The molecule has 0 unspecified atom stereocenters. The van der Waals surface area contributed by atoms with Gasteiger partial charge < -0.3 is 10.2 Å². The molecule has 4 rings (SSSR count). The van der Waals surface area contributed by atoms with E-state index in [9.17, 15) is 10.1 Å². The Bertz CT molecular complexity index is 812. The Morgan fingerprint density at radius 1 is 1.12 bits per heavy atom. The standard InChI is InChI=1S/C21H21N3O/c22-11-18-3-1-2-4-20(18)16-7-5-15(6-8-16)12-23-19-13-24(14-19)21(25)17-9-10-17/h1-8,17,19,23H,9-10,12-14H2. The van der Waals surface area contributed by atoms with Crippen LogP contribution < -0.4 is 5.32 Å². The number of hydrogen-bond donors (Lipinski definition) is 1. The minimum Gasteiger partial charge on any atom is -0.339 e. The lowest BCUT2D eigenvalue weighted by Crippen LogP contribution is -2.59. The number of likely N-dealkylation sites (tertiary alicyclic amines) is 1. The van der Waals surface area contributed by atoms with Gasteiger partial charge in [-0.2, -0.15) is 5.26 Å². The number of rotatable bonds is 5. The highest BCUT2D eigenvalue weighted by Crippen LogP contribution is 2.32. The van der Waals surface area contributed by atoms with Gasteiger partial charge in [0, 0.05) is 31.6 Å². The molecule has 0 aromatic heterocycles. The van der Waals surface area contributed by atoms with E-state index in [1.54, 1.807) is 0 Å². The Labute approximate surface area is 148 Å². The van der Waals surface area contributed by atoms with Crippen molar-refractivity contribution < 1.29 is 4.79 Å². The van der Waals surface area contributed by atoms with E-state index in [-0.39, 0.29) is 0 Å². The number of hydrogen-bond acceptors (Lipinski definition) is 3. The van der Waals surface area contributed by atoms with Crippen molar-refractivity contribution in [3.05, 3.63) is 59.7 Å². The van der Waals surface area contributed by atoms with Gasteiger partial charge in [0.25, 0.3) is 0 Å². The predicted octanol–water partition coefficient (Wildman–Crippen LogP) is 2.94. The van der Waals surface area contributed by atoms with Crippen LogP contribution in [0, 0.1) is 17.2 Å². The van der Waals surface area contributed by atoms with Gasteiger partial charge in [-0.15, -0.1) is 0 Å². The fraction of sp³-hybridized carbons (Fsp3) is 0.333. The summed E-state index contributed by atoms with van der Waals surface area (Å²) in [5.41, 5.74) is 3.94. The first kappa shape index (κ1) is 15.9. The molecule has 1 heterocycles. The lowest BCUT2D eigenvalue weighted by atomic mass is 9.99. The lowest BCUT2D eigenvalue weighted by molar-refractivity contribution is -0.137. The van der Waals surface area contributed by atoms with Crippen LogP contribution in [-0.2, 0) is 11.3 Å². The molecule has 2 fully saturated rings. The van der Waals surface area contributed by atoms with Gasteiger partial charge in [-0.3, -0.25) is 4.79 Å². The molecule has 2 aromatic carbocycles. The molecule has 4 nitrogen and oxygen atoms in total. The molecule has 1 aliphatic heterocycles. The second-order valence-corrected chi connectivity index (χ2v) is 6.95. The molecule has 126 valence electrons. The Hall–Kier alpha value is -2.64. The number of nitrogens with one attached hydrogen (secondary N) is 1. The van der Waals surface area contributed by atoms with Crippen LogP contribution in [0.4, 0.5) is 0 Å². The van der Waals surface area contributed by atoms with Crippen molar-refractivity contribution in [2.75, 3.05) is 13.1 Å². The summed E-state index contributed by atoms with van der Waals surface area (Å²) in [6.07, 6.45) is 2.16. The zero-order valence-corrected chi connectivity index (χ0v) is 14.1. The van der Waals surface area contributed by atoms with Gasteiger partial charge in [0.15, 0.2) is 0 Å². The fourth-order valence-electron chi connectivity index (χ4n) is 3.27. The predicted molar refractivity (Wildman–Crippen MR) is 96.5 cm³/mol. The summed E-state index contributed by atoms with van der Waals surface area (Å²) in [5.74, 6) is 0.670. The van der Waals surface area contributed by atoms with Crippen molar-refractivity contribution in [2.24, 2.45) is 5.92 Å². The summed E-state index contributed by atoms with van der Waals surface area (Å²) < 4.78 is 0. The maximum absolute atomic E-state index is 11.9. The van der Waals surface area contributed by atoms with Gasteiger partial charge >= 0.3 is 0 Å². The average molecular weight is 331 g/mol. The van der Waals surface area contributed by atoms with Crippen LogP contribution >= 0.6 is 0 Å². The summed E-state index contributed by atoms with van der Waals surface area (Å²) in [5, 5.41) is 12.7. The number of benzene rings is 2. The number of nitriles is 1. The molecule has 0 radical (unpaired) electrons. The van der Waals surface area contributed by atoms with E-state index in [4.69, 9.17) is 0 Å². The molecular formula is C21H21N3O. The Kier molecular flexibility index (Phi) is 4.25. The summed E-state index contributed by atoms with van der Waals surface area (Å²) in [6, 6.07) is 18.6. The molecule has 2 aliphatic rings. The van der Waals surface area contributed by atoms with E-state index in [0.717, 1.165) is 43.6 Å². The Morgan fingerprint density at radius 3 is 2.52 bits per heavy atom. The quantitative estimate of drug-likeness (QED) is 0.916. The second kappa shape index (κ2) is 6.70. The van der Waals surface area contributed by atoms with Crippen LogP contribution in [0.15, 0.2) is 48.5 Å². The van der Waals surface area contributed by atoms with Crippen molar-refractivity contribution in [3.63, 3.8) is 0 Å². The van der Waals surface area contributed by atoms with E-state index >= 15 is 0 Å². The fourth-order valence-corrected chi connectivity index (χ4v) is 3.27. The molecule has 1 amide bonds. The minimum atomic E-state index is 0.324. The highest BCUT2D eigenvalue weighted by molar-refractivity contribution is 5.81. The summed E-state index contributed by atoms with van der Waals surface area (Å²) in [4.78, 5) is 13.9. The SMILES string of the molecule is N#Cc1ccccc1-c1ccc(CNC2CN(C(=O)C3CC3)C2)cc1. The van der Waals surface area contributed by atoms with E-state index in [0.29, 0.717) is 23.4 Å². The van der Waals surface area contributed by atoms with E-state index in [1.807, 2.05) is 29.2 Å². The number of carbonyl (C=O) groups excluding carboxylic acids is 1. The van der Waals surface area contributed by atoms with Gasteiger partial charge in [0.05, 0.1) is 11.6 Å². The van der Waals surface area contributed by atoms with Crippen LogP contribution in [0.5, 0.6) is 0 Å². The van der Waals surface area contributed by atoms with Crippen LogP contribution in [0.3, 0.4) is 0 Å². The molecule has 1 saturated carbocycles. The molecule has 25 heavy (non-hydrogen) atoms. The van der Waals surface area contributed by atoms with Gasteiger partial charge in [-0.05, 0) is 35.6 Å². The molecular weight excluding hydrogens is 310 g/mol. The highest BCUT2D eigenvalue weighted by Gasteiger charge is 2.38. The van der Waals surface area contributed by atoms with Gasteiger partial charge in [-0.1, -0.05) is 42.5 Å². The lowest BCUT2D eigenvalue weighted by Gasteiger charge is -2.40. The zero-order chi connectivity index (χ0) is 17.2. The smallest absolute Gasteiger partial charge is 0.225 e. The zero-order valence-electron chi connectivity index (χ0n) is 14.1. The third kappa shape index (κ3) is 3.42. The van der Waals surface area contributed by atoms with Gasteiger partial charge in [0.1, 0.15) is 0 Å². The van der Waals surface area contributed by atoms with E-state index in [1.165, 1.54) is 5.56 Å². The van der Waals surface area contributed by atoms with Crippen molar-refractivity contribution in [1.82, 2.24) is 10.2 Å². The maximum atomic E-state index is 11.9. The van der Waals surface area contributed by atoms with Crippen LogP contribution in [0.25, 0.3) is 11.1 Å². The summed E-state index contributed by atoms with van der Waals surface area (Å²) >= 11 is 0. The maximum Gasteiger partial charge on any atom is 0.225 e. The number of carbonyl (C=O) groups is 1. The largest absolute Gasteiger partial charge is 0.339 e. The first-order chi connectivity index (χ1) is 12.2. The molecule has 2 aromatic rings. The Balaban J connectivity index is 1.31. The first-order valence-corrected chi connectivity index (χ1v) is 8.85. The molecule has 1 saturated heterocycles. The molecule has 1 aliphatic carbocycles. The van der Waals surface area contributed by atoms with Gasteiger partial charge in [0.2, 0.25) is 5.91 Å². The van der Waals surface area contributed by atoms with Crippen molar-refractivity contribution in [1.29, 1.82) is 5.26 Å². The van der Waals surface area contributed by atoms with Crippen molar-refractivity contribution >= 4 is 5.91 Å². The number of nitrogens with zero attached hydrogens (tertiary/aromatic N) is 2. The average Bonchev–Trinajstić information content (AvgIpc) is 3.46. The molecule has 0 spiro atoms. The third-order valence-corrected chi connectivity index (χ3v) is 5.03. The normalized spacial score (nSPS) is 17.0. The molecule has 0 atom stereocenters. The third-order valence-electron chi connectivity index (χ3n) is 5.03. The topological polar surface area (TPSA) is 56.1 Å². The molecule has 1 N–H and O–H groups in total. The summed E-state index contributed by atoms with van der Waals surface area (Å²) in [7, 11) is 0. The van der Waals surface area contributed by atoms with E-state index in [2.05, 4.69) is 35.7 Å². The molecule has 0 bridgehead atoms. The first-order valence-electron chi connectivity index (χ1n) is 8.85. The summed E-state index contributed by atoms with van der Waals surface area (Å²) in [6.45, 7) is 2.47. The van der Waals surface area contributed by atoms with Gasteiger partial charge in [-0.25, -0.2) is 0 Å². The molecule has 4 heteroatoms.